The molecule has 0 saturated carbocycles. The Labute approximate surface area is 177 Å². The van der Waals surface area contributed by atoms with Crippen molar-refractivity contribution in [2.45, 2.75) is 65.4 Å². The normalized spacial score (nSPS) is 19.1. The molecule has 1 aliphatic carbocycles. The minimum Gasteiger partial charge on any atom is -0.507 e. The molecule has 0 heterocycles. The van der Waals surface area contributed by atoms with Gasteiger partial charge in [0.2, 0.25) is 0 Å². The number of Topliss-reactive ketones (excluding diaryl/α,β-unsaturated/α-hetero) is 1. The molecule has 0 radical (unpaired) electrons. The third-order valence-corrected chi connectivity index (χ3v) is 5.68. The topological polar surface area (TPSA) is 98.0 Å². The molecular weight excluding hydrogens is 380 g/mol. The number of aliphatic hydroxyl groups is 1. The van der Waals surface area contributed by atoms with Crippen LogP contribution in [0.2, 0.25) is 0 Å². The van der Waals surface area contributed by atoms with E-state index in [-0.39, 0.29) is 46.8 Å². The van der Waals surface area contributed by atoms with Gasteiger partial charge in [0.15, 0.2) is 5.78 Å². The van der Waals surface area contributed by atoms with Gasteiger partial charge in [-0.3, -0.25) is 4.79 Å². The van der Waals surface area contributed by atoms with Crippen LogP contribution in [-0.4, -0.2) is 31.8 Å². The minimum absolute atomic E-state index is 0.0680. The van der Waals surface area contributed by atoms with Gasteiger partial charge in [0.05, 0.1) is 16.6 Å². The standard InChI is InChI=1S/C25H30O5/c1-14(2)6-5-7-15(3)8-9-17-18-10-16-12-25(4,30)13-21(28)22(16)24(29)23(18)20(27)11-19(17)26/h6,8,10-11,26-27,29-30H,5,7,9,12-13H2,1-4H3/b15-8+. The van der Waals surface area contributed by atoms with Crippen LogP contribution in [-0.2, 0) is 12.8 Å². The summed E-state index contributed by atoms with van der Waals surface area (Å²) in [5.41, 5.74) is 2.50. The SMILES string of the molecule is CC(C)=CCC/C(C)=C/Cc1c(O)cc(O)c2c(O)c3c(cc12)CC(C)(O)CC3=O. The largest absolute Gasteiger partial charge is 0.507 e. The van der Waals surface area contributed by atoms with Crippen LogP contribution in [0.3, 0.4) is 0 Å². The lowest BCUT2D eigenvalue weighted by molar-refractivity contribution is 0.0409. The molecular formula is C25H30O5. The molecule has 0 bridgehead atoms. The number of hydrogen-bond acceptors (Lipinski definition) is 5. The lowest BCUT2D eigenvalue weighted by Gasteiger charge is -2.30. The smallest absolute Gasteiger partial charge is 0.169 e. The van der Waals surface area contributed by atoms with E-state index < -0.39 is 5.60 Å². The van der Waals surface area contributed by atoms with Gasteiger partial charge in [-0.05, 0) is 64.0 Å². The first kappa shape index (κ1) is 21.9. The van der Waals surface area contributed by atoms with Crippen LogP contribution in [0.4, 0.5) is 0 Å². The molecule has 0 amide bonds. The minimum atomic E-state index is -1.19. The van der Waals surface area contributed by atoms with E-state index >= 15 is 0 Å². The van der Waals surface area contributed by atoms with Gasteiger partial charge in [0.25, 0.3) is 0 Å². The summed E-state index contributed by atoms with van der Waals surface area (Å²) in [7, 11) is 0. The molecule has 0 saturated heterocycles. The van der Waals surface area contributed by atoms with Crippen molar-refractivity contribution in [3.63, 3.8) is 0 Å². The number of benzene rings is 2. The maximum absolute atomic E-state index is 12.5. The molecule has 3 rings (SSSR count). The number of fused-ring (bicyclic) bond motifs is 2. The fourth-order valence-electron chi connectivity index (χ4n) is 4.19. The lowest BCUT2D eigenvalue weighted by Crippen LogP contribution is -2.35. The molecule has 1 unspecified atom stereocenters. The third-order valence-electron chi connectivity index (χ3n) is 5.68. The molecule has 0 spiro atoms. The van der Waals surface area contributed by atoms with E-state index in [1.165, 1.54) is 17.2 Å². The molecule has 0 aromatic heterocycles. The first-order chi connectivity index (χ1) is 14.0. The molecule has 1 atom stereocenters. The summed E-state index contributed by atoms with van der Waals surface area (Å²) in [4.78, 5) is 12.5. The molecule has 30 heavy (non-hydrogen) atoms. The summed E-state index contributed by atoms with van der Waals surface area (Å²) in [6.45, 7) is 7.76. The molecule has 0 fully saturated rings. The second-order valence-electron chi connectivity index (χ2n) is 8.92. The van der Waals surface area contributed by atoms with Crippen molar-refractivity contribution >= 4 is 16.6 Å². The van der Waals surface area contributed by atoms with Crippen LogP contribution in [0.5, 0.6) is 17.2 Å². The highest BCUT2D eigenvalue weighted by Gasteiger charge is 2.36. The van der Waals surface area contributed by atoms with Gasteiger partial charge in [0.1, 0.15) is 17.2 Å². The highest BCUT2D eigenvalue weighted by Crippen LogP contribution is 2.45. The Kier molecular flexibility index (Phi) is 5.95. The Morgan fingerprint density at radius 2 is 1.77 bits per heavy atom. The Balaban J connectivity index is 2.09. The van der Waals surface area contributed by atoms with Gasteiger partial charge in [0, 0.05) is 24.5 Å². The Morgan fingerprint density at radius 1 is 1.07 bits per heavy atom. The zero-order valence-corrected chi connectivity index (χ0v) is 18.0. The van der Waals surface area contributed by atoms with E-state index in [4.69, 9.17) is 0 Å². The highest BCUT2D eigenvalue weighted by molar-refractivity contribution is 6.10. The first-order valence-corrected chi connectivity index (χ1v) is 10.3. The van der Waals surface area contributed by atoms with Gasteiger partial charge >= 0.3 is 0 Å². The summed E-state index contributed by atoms with van der Waals surface area (Å²) < 4.78 is 0. The van der Waals surface area contributed by atoms with Crippen molar-refractivity contribution in [3.8, 4) is 17.2 Å². The summed E-state index contributed by atoms with van der Waals surface area (Å²) in [5.74, 6) is -0.988. The molecule has 4 N–H and O–H groups in total. The molecule has 160 valence electrons. The van der Waals surface area contributed by atoms with E-state index in [0.717, 1.165) is 12.8 Å². The number of phenolic OH excluding ortho intramolecular Hbond substituents is 3. The summed E-state index contributed by atoms with van der Waals surface area (Å²) in [5, 5.41) is 42.8. The van der Waals surface area contributed by atoms with Gasteiger partial charge < -0.3 is 20.4 Å². The molecule has 5 nitrogen and oxygen atoms in total. The number of ketones is 1. The number of allylic oxidation sites excluding steroid dienone is 4. The van der Waals surface area contributed by atoms with E-state index in [1.54, 1.807) is 13.0 Å². The van der Waals surface area contributed by atoms with E-state index in [1.807, 2.05) is 13.0 Å². The number of hydrogen-bond donors (Lipinski definition) is 4. The number of carbonyl (C=O) groups is 1. The average Bonchev–Trinajstić information content (AvgIpc) is 2.58. The Bertz CT molecular complexity index is 1070. The van der Waals surface area contributed by atoms with Crippen molar-refractivity contribution < 1.29 is 25.2 Å². The molecule has 1 aliphatic rings. The summed E-state index contributed by atoms with van der Waals surface area (Å²) in [6.07, 6.45) is 6.60. The van der Waals surface area contributed by atoms with Crippen LogP contribution >= 0.6 is 0 Å². The zero-order valence-electron chi connectivity index (χ0n) is 18.0. The lowest BCUT2D eigenvalue weighted by atomic mass is 9.78. The van der Waals surface area contributed by atoms with Gasteiger partial charge in [-0.15, -0.1) is 0 Å². The fraction of sp³-hybridized carbons (Fsp3) is 0.400. The number of phenols is 3. The van der Waals surface area contributed by atoms with E-state index in [2.05, 4.69) is 19.9 Å². The van der Waals surface area contributed by atoms with Crippen LogP contribution < -0.4 is 0 Å². The van der Waals surface area contributed by atoms with Crippen LogP contribution in [0.15, 0.2) is 35.4 Å². The quantitative estimate of drug-likeness (QED) is 0.516. The maximum atomic E-state index is 12.5. The van der Waals surface area contributed by atoms with Gasteiger partial charge in [-0.25, -0.2) is 0 Å². The molecule has 5 heteroatoms. The number of rotatable bonds is 5. The highest BCUT2D eigenvalue weighted by atomic mass is 16.3. The predicted octanol–water partition coefficient (Wildman–Crippen LogP) is 5.07. The fourth-order valence-corrected chi connectivity index (χ4v) is 4.19. The van der Waals surface area contributed by atoms with E-state index in [0.29, 0.717) is 22.9 Å². The number of aromatic hydroxyl groups is 3. The molecule has 2 aromatic rings. The average molecular weight is 411 g/mol. The van der Waals surface area contributed by atoms with Crippen molar-refractivity contribution in [1.82, 2.24) is 0 Å². The van der Waals surface area contributed by atoms with Crippen molar-refractivity contribution in [2.24, 2.45) is 0 Å². The third kappa shape index (κ3) is 4.36. The maximum Gasteiger partial charge on any atom is 0.169 e. The summed E-state index contributed by atoms with van der Waals surface area (Å²) in [6, 6.07) is 2.91. The van der Waals surface area contributed by atoms with Crippen LogP contribution in [0, 0.1) is 0 Å². The van der Waals surface area contributed by atoms with Crippen molar-refractivity contribution in [3.05, 3.63) is 52.1 Å². The van der Waals surface area contributed by atoms with E-state index in [9.17, 15) is 25.2 Å². The second-order valence-corrected chi connectivity index (χ2v) is 8.92. The summed E-state index contributed by atoms with van der Waals surface area (Å²) >= 11 is 0. The van der Waals surface area contributed by atoms with Crippen LogP contribution in [0.25, 0.3) is 10.8 Å². The monoisotopic (exact) mass is 410 g/mol. The Hall–Kier alpha value is -2.79. The van der Waals surface area contributed by atoms with Gasteiger partial charge in [-0.2, -0.15) is 0 Å². The van der Waals surface area contributed by atoms with Crippen LogP contribution in [0.1, 0.15) is 68.4 Å². The molecule has 0 aliphatic heterocycles. The Morgan fingerprint density at radius 3 is 2.43 bits per heavy atom. The van der Waals surface area contributed by atoms with Gasteiger partial charge in [-0.1, -0.05) is 23.3 Å². The zero-order chi connectivity index (χ0) is 22.2. The molecule has 2 aromatic carbocycles. The number of carbonyl (C=O) groups excluding carboxylic acids is 1. The van der Waals surface area contributed by atoms with Crippen molar-refractivity contribution in [1.29, 1.82) is 0 Å². The van der Waals surface area contributed by atoms with Crippen molar-refractivity contribution in [2.75, 3.05) is 0 Å². The predicted molar refractivity (Wildman–Crippen MR) is 118 cm³/mol. The second kappa shape index (κ2) is 8.15. The first-order valence-electron chi connectivity index (χ1n) is 10.3.